The number of hydrogen-bond acceptors (Lipinski definition) is 4. The van der Waals surface area contributed by atoms with E-state index in [9.17, 15) is 9.59 Å². The summed E-state index contributed by atoms with van der Waals surface area (Å²) in [6.45, 7) is 2.38. The Hall–Kier alpha value is -2.57. The van der Waals surface area contributed by atoms with Crippen molar-refractivity contribution < 1.29 is 14.7 Å². The Morgan fingerprint density at radius 2 is 1.85 bits per heavy atom. The summed E-state index contributed by atoms with van der Waals surface area (Å²) in [7, 11) is 0. The molecular weight excluding hydrogens is 372 g/mol. The van der Waals surface area contributed by atoms with E-state index in [1.807, 2.05) is 25.1 Å². The van der Waals surface area contributed by atoms with Gasteiger partial charge in [0.25, 0.3) is 5.91 Å². The predicted octanol–water partition coefficient (Wildman–Crippen LogP) is 4.66. The van der Waals surface area contributed by atoms with E-state index in [1.165, 1.54) is 23.9 Å². The quantitative estimate of drug-likeness (QED) is 0.775. The molecule has 2 aromatic carbocycles. The summed E-state index contributed by atoms with van der Waals surface area (Å²) in [6.07, 6.45) is 1.81. The molecule has 1 heterocycles. The van der Waals surface area contributed by atoms with E-state index < -0.39 is 5.97 Å². The Kier molecular flexibility index (Phi) is 5.44. The lowest BCUT2D eigenvalue weighted by Crippen LogP contribution is -2.28. The van der Waals surface area contributed by atoms with Crippen LogP contribution >= 0.6 is 23.4 Å². The molecule has 5 nitrogen and oxygen atoms in total. The van der Waals surface area contributed by atoms with Crippen molar-refractivity contribution in [3.05, 3.63) is 69.6 Å². The number of carboxylic acid groups (broad SMARTS) is 1. The van der Waals surface area contributed by atoms with Gasteiger partial charge in [0.1, 0.15) is 0 Å². The van der Waals surface area contributed by atoms with Crippen LogP contribution in [0.2, 0.25) is 5.02 Å². The number of aliphatic imine (C=N–C) groups is 1. The van der Waals surface area contributed by atoms with Gasteiger partial charge in [0.05, 0.1) is 16.2 Å². The topological polar surface area (TPSA) is 70.0 Å². The summed E-state index contributed by atoms with van der Waals surface area (Å²) >= 11 is 7.18. The lowest BCUT2D eigenvalue weighted by Gasteiger charge is -2.12. The van der Waals surface area contributed by atoms with Crippen molar-refractivity contribution in [2.45, 2.75) is 6.92 Å². The second-order valence-corrected chi connectivity index (χ2v) is 6.90. The van der Waals surface area contributed by atoms with Gasteiger partial charge in [0.15, 0.2) is 5.17 Å². The van der Waals surface area contributed by atoms with Gasteiger partial charge in [-0.05, 0) is 66.7 Å². The second-order valence-electron chi connectivity index (χ2n) is 5.46. The molecular formula is C19H15ClN2O3S. The minimum absolute atomic E-state index is 0.103. The summed E-state index contributed by atoms with van der Waals surface area (Å²) < 4.78 is 0. The number of aromatic carboxylic acids is 1. The van der Waals surface area contributed by atoms with E-state index in [0.29, 0.717) is 27.3 Å². The Balaban J connectivity index is 1.89. The lowest BCUT2D eigenvalue weighted by molar-refractivity contribution is -0.122. The van der Waals surface area contributed by atoms with Crippen LogP contribution in [-0.2, 0) is 4.79 Å². The van der Waals surface area contributed by atoms with Gasteiger partial charge in [0.2, 0.25) is 0 Å². The van der Waals surface area contributed by atoms with Crippen molar-refractivity contribution in [1.82, 2.24) is 4.90 Å². The highest BCUT2D eigenvalue weighted by molar-refractivity contribution is 8.18. The fourth-order valence-electron chi connectivity index (χ4n) is 2.37. The molecule has 26 heavy (non-hydrogen) atoms. The molecule has 1 saturated heterocycles. The van der Waals surface area contributed by atoms with Crippen LogP contribution in [0.25, 0.3) is 6.08 Å². The zero-order valence-electron chi connectivity index (χ0n) is 13.8. The third kappa shape index (κ3) is 3.98. The summed E-state index contributed by atoms with van der Waals surface area (Å²) in [6, 6.07) is 13.5. The van der Waals surface area contributed by atoms with E-state index in [2.05, 4.69) is 4.99 Å². The molecule has 0 spiro atoms. The van der Waals surface area contributed by atoms with E-state index in [4.69, 9.17) is 16.7 Å². The average Bonchev–Trinajstić information content (AvgIpc) is 2.92. The van der Waals surface area contributed by atoms with Gasteiger partial charge in [-0.2, -0.15) is 0 Å². The first kappa shape index (κ1) is 18.2. The number of halogens is 1. The Morgan fingerprint density at radius 3 is 2.42 bits per heavy atom. The fraction of sp³-hybridized carbons (Fsp3) is 0.105. The van der Waals surface area contributed by atoms with Crippen molar-refractivity contribution in [2.24, 2.45) is 4.99 Å². The Morgan fingerprint density at radius 1 is 1.19 bits per heavy atom. The molecule has 0 saturated carbocycles. The van der Waals surface area contributed by atoms with Crippen molar-refractivity contribution in [3.63, 3.8) is 0 Å². The molecule has 2 aromatic rings. The molecule has 7 heteroatoms. The SMILES string of the molecule is CCN1C(=O)C(=Cc2ccc(Cl)cc2)SC1=Nc1ccc(C(=O)O)cc1. The smallest absolute Gasteiger partial charge is 0.335 e. The van der Waals surface area contributed by atoms with E-state index >= 15 is 0 Å². The van der Waals surface area contributed by atoms with Crippen molar-refractivity contribution in [2.75, 3.05) is 6.54 Å². The van der Waals surface area contributed by atoms with Crippen LogP contribution in [-0.4, -0.2) is 33.6 Å². The van der Waals surface area contributed by atoms with Gasteiger partial charge >= 0.3 is 5.97 Å². The van der Waals surface area contributed by atoms with Gasteiger partial charge in [-0.25, -0.2) is 9.79 Å². The van der Waals surface area contributed by atoms with Gasteiger partial charge in [0, 0.05) is 11.6 Å². The number of amides is 1. The molecule has 132 valence electrons. The minimum atomic E-state index is -0.988. The third-order valence-electron chi connectivity index (χ3n) is 3.71. The van der Waals surface area contributed by atoms with Crippen LogP contribution in [0.1, 0.15) is 22.8 Å². The molecule has 0 bridgehead atoms. The maximum atomic E-state index is 12.6. The number of amidine groups is 1. The number of carbonyl (C=O) groups excluding carboxylic acids is 1. The summed E-state index contributed by atoms with van der Waals surface area (Å²) in [5.41, 5.74) is 1.67. The van der Waals surface area contributed by atoms with Crippen LogP contribution in [0.3, 0.4) is 0 Å². The first-order valence-corrected chi connectivity index (χ1v) is 9.06. The number of rotatable bonds is 4. The molecule has 0 aromatic heterocycles. The van der Waals surface area contributed by atoms with E-state index in [0.717, 1.165) is 5.56 Å². The average molecular weight is 387 g/mol. The largest absolute Gasteiger partial charge is 0.478 e. The molecule has 0 atom stereocenters. The fourth-order valence-corrected chi connectivity index (χ4v) is 3.56. The zero-order chi connectivity index (χ0) is 18.7. The number of nitrogens with zero attached hydrogens (tertiary/aromatic N) is 2. The summed E-state index contributed by atoms with van der Waals surface area (Å²) in [5.74, 6) is -1.09. The molecule has 3 rings (SSSR count). The number of carbonyl (C=O) groups is 2. The number of benzene rings is 2. The Labute approximate surface area is 160 Å². The molecule has 0 unspecified atom stereocenters. The Bertz CT molecular complexity index is 905. The monoisotopic (exact) mass is 386 g/mol. The first-order valence-electron chi connectivity index (χ1n) is 7.87. The number of hydrogen-bond donors (Lipinski definition) is 1. The molecule has 1 amide bonds. The van der Waals surface area contributed by atoms with Crippen LogP contribution in [0, 0.1) is 0 Å². The summed E-state index contributed by atoms with van der Waals surface area (Å²) in [4.78, 5) is 30.2. The molecule has 1 N–H and O–H groups in total. The second kappa shape index (κ2) is 7.76. The van der Waals surface area contributed by atoms with Crippen molar-refractivity contribution >= 4 is 52.2 Å². The number of thioether (sulfide) groups is 1. The van der Waals surface area contributed by atoms with Gasteiger partial charge in [-0.15, -0.1) is 0 Å². The molecule has 1 aliphatic heterocycles. The van der Waals surface area contributed by atoms with E-state index in [1.54, 1.807) is 29.2 Å². The molecule has 0 aliphatic carbocycles. The third-order valence-corrected chi connectivity index (χ3v) is 4.97. The van der Waals surface area contributed by atoms with Gasteiger partial charge in [-0.1, -0.05) is 23.7 Å². The molecule has 1 fully saturated rings. The molecule has 1 aliphatic rings. The van der Waals surface area contributed by atoms with Crippen LogP contribution in [0.4, 0.5) is 5.69 Å². The number of carboxylic acids is 1. The van der Waals surface area contributed by atoms with E-state index in [-0.39, 0.29) is 11.5 Å². The van der Waals surface area contributed by atoms with Crippen LogP contribution < -0.4 is 0 Å². The highest BCUT2D eigenvalue weighted by Crippen LogP contribution is 2.34. The first-order chi connectivity index (χ1) is 12.5. The highest BCUT2D eigenvalue weighted by atomic mass is 35.5. The maximum absolute atomic E-state index is 12.6. The predicted molar refractivity (Wildman–Crippen MR) is 105 cm³/mol. The van der Waals surface area contributed by atoms with Crippen molar-refractivity contribution in [3.8, 4) is 0 Å². The normalized spacial score (nSPS) is 17.3. The zero-order valence-corrected chi connectivity index (χ0v) is 15.4. The van der Waals surface area contributed by atoms with Crippen LogP contribution in [0.5, 0.6) is 0 Å². The van der Waals surface area contributed by atoms with Gasteiger partial charge in [-0.3, -0.25) is 9.69 Å². The minimum Gasteiger partial charge on any atom is -0.478 e. The highest BCUT2D eigenvalue weighted by Gasteiger charge is 2.32. The lowest BCUT2D eigenvalue weighted by atomic mass is 10.2. The van der Waals surface area contributed by atoms with Crippen LogP contribution in [0.15, 0.2) is 58.4 Å². The maximum Gasteiger partial charge on any atom is 0.335 e. The molecule has 0 radical (unpaired) electrons. The van der Waals surface area contributed by atoms with Gasteiger partial charge < -0.3 is 5.11 Å². The standard InChI is InChI=1S/C19H15ClN2O3S/c1-2-22-17(23)16(11-12-3-7-14(20)8-4-12)26-19(22)21-15-9-5-13(6-10-15)18(24)25/h3-11H,2H2,1H3,(H,24,25). The summed E-state index contributed by atoms with van der Waals surface area (Å²) in [5, 5.41) is 10.2. The van der Waals surface area contributed by atoms with Crippen molar-refractivity contribution in [1.29, 1.82) is 0 Å². The number of likely N-dealkylation sites (N-methyl/N-ethyl adjacent to an activating group) is 1.